The van der Waals surface area contributed by atoms with Gasteiger partial charge in [-0.2, -0.15) is 0 Å². The first-order chi connectivity index (χ1) is 14.5. The second-order valence-electron chi connectivity index (χ2n) is 6.49. The number of nitrogens with two attached hydrogens (primary N) is 1. The van der Waals surface area contributed by atoms with Gasteiger partial charge in [-0.3, -0.25) is 9.78 Å². The van der Waals surface area contributed by atoms with Crippen molar-refractivity contribution in [2.24, 2.45) is 5.73 Å². The SMILES string of the molecule is Cl.N[C@@H](COc1cccc(-c2cccc(NC(=O)NCc3ccccn3)c2)c1)C(=O)O. The minimum atomic E-state index is -1.12. The molecular formula is C22H23ClN4O4. The van der Waals surface area contributed by atoms with Crippen LogP contribution in [0.15, 0.2) is 72.9 Å². The number of aromatic nitrogens is 1. The zero-order valence-corrected chi connectivity index (χ0v) is 17.3. The molecule has 0 saturated carbocycles. The maximum absolute atomic E-state index is 12.2. The second-order valence-corrected chi connectivity index (χ2v) is 6.49. The zero-order chi connectivity index (χ0) is 21.3. The number of hydrogen-bond donors (Lipinski definition) is 4. The van der Waals surface area contributed by atoms with Crippen LogP contribution in [-0.4, -0.2) is 34.7 Å². The van der Waals surface area contributed by atoms with E-state index in [4.69, 9.17) is 15.6 Å². The van der Waals surface area contributed by atoms with Gasteiger partial charge in [0.1, 0.15) is 18.4 Å². The highest BCUT2D eigenvalue weighted by molar-refractivity contribution is 5.90. The number of halogens is 1. The molecule has 3 rings (SSSR count). The Labute approximate surface area is 185 Å². The molecular weight excluding hydrogens is 420 g/mol. The van der Waals surface area contributed by atoms with Crippen LogP contribution in [0.5, 0.6) is 5.75 Å². The summed E-state index contributed by atoms with van der Waals surface area (Å²) in [6, 6.07) is 18.6. The van der Waals surface area contributed by atoms with Crippen molar-refractivity contribution in [2.75, 3.05) is 11.9 Å². The van der Waals surface area contributed by atoms with Crippen LogP contribution in [0.25, 0.3) is 11.1 Å². The quantitative estimate of drug-likeness (QED) is 0.424. The summed E-state index contributed by atoms with van der Waals surface area (Å²) in [6.45, 7) is 0.195. The number of benzene rings is 2. The predicted molar refractivity (Wildman–Crippen MR) is 120 cm³/mol. The van der Waals surface area contributed by atoms with Gasteiger partial charge in [0.05, 0.1) is 12.2 Å². The summed E-state index contributed by atoms with van der Waals surface area (Å²) in [6.07, 6.45) is 1.67. The van der Waals surface area contributed by atoms with E-state index in [-0.39, 0.29) is 25.0 Å². The summed E-state index contributed by atoms with van der Waals surface area (Å²) in [4.78, 5) is 27.1. The molecule has 1 atom stereocenters. The van der Waals surface area contributed by atoms with Crippen LogP contribution in [0.4, 0.5) is 10.5 Å². The van der Waals surface area contributed by atoms with E-state index < -0.39 is 12.0 Å². The van der Waals surface area contributed by atoms with Crippen LogP contribution in [0, 0.1) is 0 Å². The standard InChI is InChI=1S/C22H22N4O4.ClH/c23-20(21(27)28)14-30-19-9-4-6-16(12-19)15-5-3-8-17(11-15)26-22(29)25-13-18-7-1-2-10-24-18;/h1-12,20H,13-14,23H2,(H,27,28)(H2,25,26,29);1H/t20-;/m0./s1. The molecule has 0 saturated heterocycles. The molecule has 3 aromatic rings. The number of carbonyl (C=O) groups excluding carboxylic acids is 1. The third-order valence-corrected chi connectivity index (χ3v) is 4.19. The summed E-state index contributed by atoms with van der Waals surface area (Å²) in [5.74, 6) is -0.609. The van der Waals surface area contributed by atoms with Crippen LogP contribution in [-0.2, 0) is 11.3 Å². The normalized spacial score (nSPS) is 11.0. The van der Waals surface area contributed by atoms with Crippen molar-refractivity contribution < 1.29 is 19.4 Å². The first kappa shape index (κ1) is 23.7. The smallest absolute Gasteiger partial charge is 0.324 e. The lowest BCUT2D eigenvalue weighted by Gasteiger charge is -2.12. The molecule has 31 heavy (non-hydrogen) atoms. The first-order valence-electron chi connectivity index (χ1n) is 9.28. The van der Waals surface area contributed by atoms with Crippen molar-refractivity contribution in [3.63, 3.8) is 0 Å². The second kappa shape index (κ2) is 11.5. The number of pyridine rings is 1. The molecule has 2 amide bonds. The summed E-state index contributed by atoms with van der Waals surface area (Å²) >= 11 is 0. The lowest BCUT2D eigenvalue weighted by atomic mass is 10.0. The van der Waals surface area contributed by atoms with Gasteiger partial charge in [-0.05, 0) is 47.5 Å². The van der Waals surface area contributed by atoms with Crippen molar-refractivity contribution in [3.8, 4) is 16.9 Å². The predicted octanol–water partition coefficient (Wildman–Crippen LogP) is 3.28. The minimum absolute atomic E-state index is 0. The van der Waals surface area contributed by atoms with Crippen molar-refractivity contribution in [2.45, 2.75) is 12.6 Å². The number of rotatable bonds is 8. The Morgan fingerprint density at radius 3 is 2.48 bits per heavy atom. The molecule has 162 valence electrons. The molecule has 1 aromatic heterocycles. The van der Waals surface area contributed by atoms with Crippen LogP contribution in [0.2, 0.25) is 0 Å². The zero-order valence-electron chi connectivity index (χ0n) is 16.5. The number of carboxylic acids is 1. The van der Waals surface area contributed by atoms with Crippen LogP contribution < -0.4 is 21.1 Å². The fourth-order valence-corrected chi connectivity index (χ4v) is 2.65. The Hall–Kier alpha value is -3.62. The van der Waals surface area contributed by atoms with E-state index in [9.17, 15) is 9.59 Å². The molecule has 1 heterocycles. The third kappa shape index (κ3) is 7.29. The molecule has 0 aliphatic rings. The number of amides is 2. The maximum Gasteiger partial charge on any atom is 0.324 e. The van der Waals surface area contributed by atoms with Gasteiger partial charge in [-0.25, -0.2) is 4.79 Å². The number of aliphatic carboxylic acids is 1. The monoisotopic (exact) mass is 442 g/mol. The molecule has 0 radical (unpaired) electrons. The van der Waals surface area contributed by atoms with Gasteiger partial charge in [-0.1, -0.05) is 30.3 Å². The van der Waals surface area contributed by atoms with Gasteiger partial charge in [0.25, 0.3) is 0 Å². The molecule has 8 nitrogen and oxygen atoms in total. The highest BCUT2D eigenvalue weighted by Gasteiger charge is 2.12. The van der Waals surface area contributed by atoms with Crippen LogP contribution in [0.3, 0.4) is 0 Å². The largest absolute Gasteiger partial charge is 0.491 e. The topological polar surface area (TPSA) is 127 Å². The summed E-state index contributed by atoms with van der Waals surface area (Å²) in [5.41, 5.74) is 8.58. The Morgan fingerprint density at radius 2 is 1.77 bits per heavy atom. The molecule has 0 fully saturated rings. The molecule has 0 aliphatic carbocycles. The lowest BCUT2D eigenvalue weighted by molar-refractivity contribution is -0.139. The van der Waals surface area contributed by atoms with E-state index in [0.29, 0.717) is 18.0 Å². The van der Waals surface area contributed by atoms with E-state index in [1.165, 1.54) is 0 Å². The van der Waals surface area contributed by atoms with Gasteiger partial charge < -0.3 is 26.2 Å². The van der Waals surface area contributed by atoms with Gasteiger partial charge in [0, 0.05) is 11.9 Å². The Bertz CT molecular complexity index is 1020. The third-order valence-electron chi connectivity index (χ3n) is 4.19. The van der Waals surface area contributed by atoms with Crippen LogP contribution in [0.1, 0.15) is 5.69 Å². The van der Waals surface area contributed by atoms with Crippen molar-refractivity contribution in [1.82, 2.24) is 10.3 Å². The summed E-state index contributed by atoms with van der Waals surface area (Å²) < 4.78 is 5.47. The molecule has 0 spiro atoms. The molecule has 0 aliphatic heterocycles. The first-order valence-corrected chi connectivity index (χ1v) is 9.28. The Balaban J connectivity index is 0.00000341. The molecule has 0 unspecified atom stereocenters. The average molecular weight is 443 g/mol. The van der Waals surface area contributed by atoms with Crippen molar-refractivity contribution in [1.29, 1.82) is 0 Å². The molecule has 2 aromatic carbocycles. The number of carbonyl (C=O) groups is 2. The average Bonchev–Trinajstić information content (AvgIpc) is 2.77. The van der Waals surface area contributed by atoms with E-state index in [1.54, 1.807) is 30.5 Å². The number of ether oxygens (including phenoxy) is 1. The maximum atomic E-state index is 12.2. The van der Waals surface area contributed by atoms with Gasteiger partial charge in [0.2, 0.25) is 0 Å². The summed E-state index contributed by atoms with van der Waals surface area (Å²) in [7, 11) is 0. The highest BCUT2D eigenvalue weighted by atomic mass is 35.5. The van der Waals surface area contributed by atoms with Gasteiger partial charge in [0.15, 0.2) is 0 Å². The molecule has 5 N–H and O–H groups in total. The number of nitrogens with zero attached hydrogens (tertiary/aromatic N) is 1. The fourth-order valence-electron chi connectivity index (χ4n) is 2.65. The van der Waals surface area contributed by atoms with E-state index >= 15 is 0 Å². The van der Waals surface area contributed by atoms with Gasteiger partial charge >= 0.3 is 12.0 Å². The van der Waals surface area contributed by atoms with Gasteiger partial charge in [-0.15, -0.1) is 12.4 Å². The van der Waals surface area contributed by atoms with Crippen molar-refractivity contribution >= 4 is 30.1 Å². The number of anilines is 1. The molecule has 0 bridgehead atoms. The lowest BCUT2D eigenvalue weighted by Crippen LogP contribution is -2.36. The Kier molecular flexibility index (Phi) is 8.80. The number of hydrogen-bond acceptors (Lipinski definition) is 5. The van der Waals surface area contributed by atoms with E-state index in [2.05, 4.69) is 15.6 Å². The number of urea groups is 1. The minimum Gasteiger partial charge on any atom is -0.491 e. The summed E-state index contributed by atoms with van der Waals surface area (Å²) in [5, 5.41) is 14.4. The van der Waals surface area contributed by atoms with Crippen LogP contribution >= 0.6 is 12.4 Å². The van der Waals surface area contributed by atoms with E-state index in [1.807, 2.05) is 42.5 Å². The van der Waals surface area contributed by atoms with Crippen molar-refractivity contribution in [3.05, 3.63) is 78.6 Å². The van der Waals surface area contributed by atoms with E-state index in [0.717, 1.165) is 16.8 Å². The number of carboxylic acid groups (broad SMARTS) is 1. The highest BCUT2D eigenvalue weighted by Crippen LogP contribution is 2.26. The number of nitrogens with one attached hydrogen (secondary N) is 2. The Morgan fingerprint density at radius 1 is 1.03 bits per heavy atom. The molecule has 9 heteroatoms. The fraction of sp³-hybridized carbons (Fsp3) is 0.136.